The lowest BCUT2D eigenvalue weighted by atomic mass is 9.99. The Kier molecular flexibility index (Phi) is 3.52. The van der Waals surface area contributed by atoms with Gasteiger partial charge in [-0.2, -0.15) is 10.4 Å². The molecule has 4 aromatic heterocycles. The van der Waals surface area contributed by atoms with Crippen molar-refractivity contribution in [3.63, 3.8) is 0 Å². The van der Waals surface area contributed by atoms with Gasteiger partial charge in [-0.1, -0.05) is 6.07 Å². The minimum Gasteiger partial charge on any atom is -0.381 e. The Hall–Kier alpha value is -3.93. The van der Waals surface area contributed by atoms with Crippen molar-refractivity contribution in [2.24, 2.45) is 0 Å². The van der Waals surface area contributed by atoms with Gasteiger partial charge in [0.2, 0.25) is 0 Å². The largest absolute Gasteiger partial charge is 0.381 e. The molecule has 138 valence electrons. The highest BCUT2D eigenvalue weighted by atomic mass is 15.3. The number of aromatic nitrogens is 6. The number of aromatic amines is 1. The van der Waals surface area contributed by atoms with Crippen LogP contribution in [0.25, 0.3) is 5.52 Å². The Morgan fingerprint density at radius 1 is 1.36 bits per heavy atom. The van der Waals surface area contributed by atoms with Crippen LogP contribution in [-0.4, -0.2) is 36.1 Å². The number of nitrogens with zero attached hydrogens (tertiary/aromatic N) is 7. The number of pyridine rings is 1. The van der Waals surface area contributed by atoms with Crippen LogP contribution in [0.5, 0.6) is 0 Å². The molecule has 0 fully saturated rings. The number of rotatable bonds is 2. The van der Waals surface area contributed by atoms with Gasteiger partial charge in [-0.05, 0) is 24.6 Å². The summed E-state index contributed by atoms with van der Waals surface area (Å²) in [6, 6.07) is 7.85. The first-order valence-electron chi connectivity index (χ1n) is 8.92. The van der Waals surface area contributed by atoms with Gasteiger partial charge in [0.1, 0.15) is 12.1 Å². The summed E-state index contributed by atoms with van der Waals surface area (Å²) in [7, 11) is 0. The zero-order valence-corrected chi connectivity index (χ0v) is 15.2. The van der Waals surface area contributed by atoms with Crippen LogP contribution in [0.1, 0.15) is 34.4 Å². The molecule has 28 heavy (non-hydrogen) atoms. The monoisotopic (exact) mass is 371 g/mol. The summed E-state index contributed by atoms with van der Waals surface area (Å²) < 4.78 is 1.88. The van der Waals surface area contributed by atoms with Crippen LogP contribution < -0.4 is 10.6 Å². The van der Waals surface area contributed by atoms with E-state index in [4.69, 9.17) is 16.1 Å². The molecule has 9 heteroatoms. The number of nitriles is 1. The molecule has 9 nitrogen and oxygen atoms in total. The Bertz CT molecular complexity index is 1230. The lowest BCUT2D eigenvalue weighted by Crippen LogP contribution is -2.37. The number of nitrogens with two attached hydrogens (primary N) is 1. The van der Waals surface area contributed by atoms with Crippen LogP contribution in [-0.2, 0) is 6.42 Å². The topological polar surface area (TPSA) is 125 Å². The summed E-state index contributed by atoms with van der Waals surface area (Å²) in [4.78, 5) is 18.5. The lowest BCUT2D eigenvalue weighted by Gasteiger charge is -2.34. The highest BCUT2D eigenvalue weighted by Crippen LogP contribution is 2.36. The summed E-state index contributed by atoms with van der Waals surface area (Å²) in [6.07, 6.45) is 6.02. The van der Waals surface area contributed by atoms with Crippen molar-refractivity contribution in [3.8, 4) is 6.07 Å². The standard InChI is InChI=1S/C19H17N9/c1-11-3-2-5-28-15(11)7-13(26-28)18-17-12(23-10-24-17)4-6-27(18)16-9-22-14(8-20)19(21)25-16/h2-3,5,7,9-10,18H,4,6H2,1H3,(H2,21,25)(H,23,24)/t18-/m1/s1. The van der Waals surface area contributed by atoms with E-state index < -0.39 is 0 Å². The van der Waals surface area contributed by atoms with Gasteiger partial charge in [0, 0.05) is 24.9 Å². The number of hydrogen-bond donors (Lipinski definition) is 2. The van der Waals surface area contributed by atoms with Gasteiger partial charge in [0.25, 0.3) is 0 Å². The molecular formula is C19H17N9. The van der Waals surface area contributed by atoms with Gasteiger partial charge in [-0.3, -0.25) is 0 Å². The average molecular weight is 371 g/mol. The Labute approximate surface area is 160 Å². The normalized spacial score (nSPS) is 16.1. The first kappa shape index (κ1) is 16.3. The third-order valence-corrected chi connectivity index (χ3v) is 5.12. The van der Waals surface area contributed by atoms with Gasteiger partial charge in [0.05, 0.1) is 29.4 Å². The molecule has 4 aromatic rings. The highest BCUT2D eigenvalue weighted by Gasteiger charge is 2.34. The number of nitrogens with one attached hydrogen (secondary N) is 1. The average Bonchev–Trinajstić information content (AvgIpc) is 3.34. The quantitative estimate of drug-likeness (QED) is 0.550. The van der Waals surface area contributed by atoms with E-state index in [1.807, 2.05) is 22.8 Å². The predicted molar refractivity (Wildman–Crippen MR) is 103 cm³/mol. The SMILES string of the molecule is Cc1cccn2nc([C@@H]3c4nc[nH]c4CCN3c3cnc(C#N)c(N)n3)cc12. The molecular weight excluding hydrogens is 354 g/mol. The maximum atomic E-state index is 9.09. The van der Waals surface area contributed by atoms with Crippen molar-refractivity contribution >= 4 is 17.2 Å². The van der Waals surface area contributed by atoms with Gasteiger partial charge in [-0.15, -0.1) is 0 Å². The second kappa shape index (κ2) is 6.06. The molecule has 0 spiro atoms. The second-order valence-corrected chi connectivity index (χ2v) is 6.78. The zero-order valence-electron chi connectivity index (χ0n) is 15.2. The van der Waals surface area contributed by atoms with E-state index in [-0.39, 0.29) is 17.6 Å². The first-order valence-corrected chi connectivity index (χ1v) is 8.92. The number of H-pyrrole nitrogens is 1. The van der Waals surface area contributed by atoms with E-state index in [0.717, 1.165) is 34.6 Å². The van der Waals surface area contributed by atoms with Crippen molar-refractivity contribution in [2.75, 3.05) is 17.2 Å². The van der Waals surface area contributed by atoms with Crippen molar-refractivity contribution < 1.29 is 0 Å². The van der Waals surface area contributed by atoms with Gasteiger partial charge in [0.15, 0.2) is 17.3 Å². The number of hydrogen-bond acceptors (Lipinski definition) is 7. The maximum absolute atomic E-state index is 9.09. The Balaban J connectivity index is 1.67. The number of anilines is 2. The molecule has 0 bridgehead atoms. The summed E-state index contributed by atoms with van der Waals surface area (Å²) in [5, 5.41) is 13.9. The van der Waals surface area contributed by atoms with Crippen LogP contribution in [0.4, 0.5) is 11.6 Å². The summed E-state index contributed by atoms with van der Waals surface area (Å²) in [5.41, 5.74) is 11.1. The summed E-state index contributed by atoms with van der Waals surface area (Å²) in [6.45, 7) is 2.76. The van der Waals surface area contributed by atoms with Crippen molar-refractivity contribution in [1.29, 1.82) is 5.26 Å². The molecule has 5 rings (SSSR count). The van der Waals surface area contributed by atoms with E-state index in [2.05, 4.69) is 43.9 Å². The van der Waals surface area contributed by atoms with Gasteiger partial charge < -0.3 is 15.6 Å². The molecule has 5 heterocycles. The molecule has 0 amide bonds. The van der Waals surface area contributed by atoms with Crippen LogP contribution in [0, 0.1) is 18.3 Å². The fraction of sp³-hybridized carbons (Fsp3) is 0.211. The molecule has 0 aliphatic carbocycles. The smallest absolute Gasteiger partial charge is 0.182 e. The number of aryl methyl sites for hydroxylation is 1. The van der Waals surface area contributed by atoms with Crippen molar-refractivity contribution in [3.05, 3.63) is 65.3 Å². The molecule has 1 aliphatic rings. The van der Waals surface area contributed by atoms with Crippen LogP contribution in [0.15, 0.2) is 36.9 Å². The second-order valence-electron chi connectivity index (χ2n) is 6.78. The molecule has 1 atom stereocenters. The van der Waals surface area contributed by atoms with Gasteiger partial charge in [-0.25, -0.2) is 19.5 Å². The van der Waals surface area contributed by atoms with Crippen LogP contribution in [0.2, 0.25) is 0 Å². The van der Waals surface area contributed by atoms with Crippen LogP contribution >= 0.6 is 0 Å². The van der Waals surface area contributed by atoms with E-state index in [1.165, 1.54) is 0 Å². The molecule has 0 aromatic carbocycles. The molecule has 0 unspecified atom stereocenters. The third kappa shape index (κ3) is 2.39. The number of fused-ring (bicyclic) bond motifs is 2. The first-order chi connectivity index (χ1) is 13.7. The van der Waals surface area contributed by atoms with Crippen LogP contribution in [0.3, 0.4) is 0 Å². The summed E-state index contributed by atoms with van der Waals surface area (Å²) in [5.74, 6) is 0.723. The highest BCUT2D eigenvalue weighted by molar-refractivity contribution is 5.58. The van der Waals surface area contributed by atoms with Crippen molar-refractivity contribution in [2.45, 2.75) is 19.4 Å². The van der Waals surface area contributed by atoms with Gasteiger partial charge >= 0.3 is 0 Å². The summed E-state index contributed by atoms with van der Waals surface area (Å²) >= 11 is 0. The van der Waals surface area contributed by atoms with E-state index in [9.17, 15) is 0 Å². The molecule has 1 aliphatic heterocycles. The maximum Gasteiger partial charge on any atom is 0.182 e. The minimum absolute atomic E-state index is 0.123. The number of nitrogen functional groups attached to an aromatic ring is 1. The molecule has 0 saturated carbocycles. The third-order valence-electron chi connectivity index (χ3n) is 5.12. The van der Waals surface area contributed by atoms with E-state index in [0.29, 0.717) is 12.4 Å². The lowest BCUT2D eigenvalue weighted by molar-refractivity contribution is 0.609. The number of imidazole rings is 1. The fourth-order valence-electron chi connectivity index (χ4n) is 3.75. The zero-order chi connectivity index (χ0) is 19.3. The Morgan fingerprint density at radius 3 is 3.04 bits per heavy atom. The predicted octanol–water partition coefficient (Wildman–Crippen LogP) is 1.76. The Morgan fingerprint density at radius 2 is 2.25 bits per heavy atom. The minimum atomic E-state index is -0.226. The van der Waals surface area contributed by atoms with Crippen molar-refractivity contribution in [1.82, 2.24) is 29.5 Å². The molecule has 0 saturated heterocycles. The molecule has 0 radical (unpaired) electrons. The van der Waals surface area contributed by atoms with E-state index in [1.54, 1.807) is 12.5 Å². The van der Waals surface area contributed by atoms with E-state index >= 15 is 0 Å². The fourth-order valence-corrected chi connectivity index (χ4v) is 3.75. The molecule has 3 N–H and O–H groups in total.